The van der Waals surface area contributed by atoms with Crippen molar-refractivity contribution >= 4 is 35.0 Å². The van der Waals surface area contributed by atoms with E-state index in [1.165, 1.54) is 0 Å². The molecular formula is C15H20Cl2N2O3. The van der Waals surface area contributed by atoms with E-state index in [0.29, 0.717) is 35.4 Å². The van der Waals surface area contributed by atoms with E-state index in [-0.39, 0.29) is 18.2 Å². The number of rotatable bonds is 8. The van der Waals surface area contributed by atoms with E-state index < -0.39 is 6.04 Å². The highest BCUT2D eigenvalue weighted by Gasteiger charge is 2.14. The van der Waals surface area contributed by atoms with Crippen molar-refractivity contribution in [1.29, 1.82) is 0 Å². The maximum Gasteiger partial charge on any atom is 0.242 e. The summed E-state index contributed by atoms with van der Waals surface area (Å²) in [5, 5.41) is 6.25. The number of carbonyl (C=O) groups excluding carboxylic acids is 2. The summed E-state index contributed by atoms with van der Waals surface area (Å²) in [7, 11) is 0. The fourth-order valence-corrected chi connectivity index (χ4v) is 2.18. The molecule has 2 N–H and O–H groups in total. The first-order valence-electron chi connectivity index (χ1n) is 7.09. The summed E-state index contributed by atoms with van der Waals surface area (Å²) in [6.07, 6.45) is 0.794. The molecule has 1 aromatic carbocycles. The summed E-state index contributed by atoms with van der Waals surface area (Å²) < 4.78 is 5.48. The molecule has 0 fully saturated rings. The Hall–Kier alpha value is -1.46. The Kier molecular flexibility index (Phi) is 8.06. The van der Waals surface area contributed by atoms with Crippen LogP contribution in [0, 0.1) is 0 Å². The van der Waals surface area contributed by atoms with Crippen molar-refractivity contribution in [1.82, 2.24) is 10.6 Å². The van der Waals surface area contributed by atoms with Gasteiger partial charge in [-0.25, -0.2) is 0 Å². The van der Waals surface area contributed by atoms with Crippen LogP contribution >= 0.6 is 23.2 Å². The Morgan fingerprint density at radius 2 is 2.05 bits per heavy atom. The Bertz CT molecular complexity index is 524. The molecule has 7 heteroatoms. The van der Waals surface area contributed by atoms with Crippen molar-refractivity contribution in [3.63, 3.8) is 0 Å². The Labute approximate surface area is 140 Å². The van der Waals surface area contributed by atoms with Crippen molar-refractivity contribution in [2.45, 2.75) is 32.7 Å². The second-order valence-corrected chi connectivity index (χ2v) is 5.55. The van der Waals surface area contributed by atoms with E-state index in [4.69, 9.17) is 27.9 Å². The third-order valence-electron chi connectivity index (χ3n) is 2.82. The summed E-state index contributed by atoms with van der Waals surface area (Å²) >= 11 is 11.8. The first kappa shape index (κ1) is 18.6. The average molecular weight is 347 g/mol. The molecule has 5 nitrogen and oxygen atoms in total. The minimum atomic E-state index is -0.543. The van der Waals surface area contributed by atoms with Crippen LogP contribution in [0.15, 0.2) is 18.2 Å². The van der Waals surface area contributed by atoms with Crippen LogP contribution in [-0.4, -0.2) is 31.0 Å². The molecule has 0 aromatic heterocycles. The molecule has 0 spiro atoms. The molecule has 0 aliphatic rings. The lowest BCUT2D eigenvalue weighted by molar-refractivity contribution is -0.128. The lowest BCUT2D eigenvalue weighted by Crippen LogP contribution is -2.44. The molecule has 122 valence electrons. The smallest absolute Gasteiger partial charge is 0.242 e. The number of amides is 2. The van der Waals surface area contributed by atoms with Gasteiger partial charge in [-0.3, -0.25) is 9.59 Å². The largest absolute Gasteiger partial charge is 0.492 e. The molecule has 0 unspecified atom stereocenters. The maximum atomic E-state index is 11.7. The summed E-state index contributed by atoms with van der Waals surface area (Å²) in [6.45, 7) is 4.36. The van der Waals surface area contributed by atoms with Crippen molar-refractivity contribution in [3.05, 3.63) is 28.2 Å². The molecule has 22 heavy (non-hydrogen) atoms. The second kappa shape index (κ2) is 9.54. The maximum absolute atomic E-state index is 11.7. The molecule has 0 saturated carbocycles. The van der Waals surface area contributed by atoms with Crippen molar-refractivity contribution in [3.8, 4) is 5.75 Å². The standard InChI is InChI=1S/C15H20Cl2N2O3/c1-3-18-15(21)10(2)19-14(20)5-4-8-22-13-7-6-11(16)9-12(13)17/h6-7,9-10H,3-5,8H2,1-2H3,(H,18,21)(H,19,20)/t10-/m0/s1. The molecule has 2 amide bonds. The van der Waals surface area contributed by atoms with Crippen LogP contribution in [0.4, 0.5) is 0 Å². The zero-order valence-electron chi connectivity index (χ0n) is 12.6. The quantitative estimate of drug-likeness (QED) is 0.711. The number of nitrogens with one attached hydrogen (secondary N) is 2. The van der Waals surface area contributed by atoms with Crippen LogP contribution in [0.3, 0.4) is 0 Å². The highest BCUT2D eigenvalue weighted by atomic mass is 35.5. The number of carbonyl (C=O) groups is 2. The SMILES string of the molecule is CCNC(=O)[C@H](C)NC(=O)CCCOc1ccc(Cl)cc1Cl. The highest BCUT2D eigenvalue weighted by molar-refractivity contribution is 6.35. The van der Waals surface area contributed by atoms with Crippen LogP contribution in [0.2, 0.25) is 10.0 Å². The second-order valence-electron chi connectivity index (χ2n) is 4.71. The van der Waals surface area contributed by atoms with E-state index in [1.807, 2.05) is 6.92 Å². The van der Waals surface area contributed by atoms with Gasteiger partial charge in [-0.05, 0) is 38.5 Å². The van der Waals surface area contributed by atoms with E-state index >= 15 is 0 Å². The fourth-order valence-electron chi connectivity index (χ4n) is 1.71. The van der Waals surface area contributed by atoms with Gasteiger partial charge in [0.25, 0.3) is 0 Å². The number of halogens is 2. The predicted octanol–water partition coefficient (Wildman–Crippen LogP) is 2.79. The Morgan fingerprint density at radius 1 is 1.32 bits per heavy atom. The van der Waals surface area contributed by atoms with Gasteiger partial charge in [0.15, 0.2) is 0 Å². The fraction of sp³-hybridized carbons (Fsp3) is 0.467. The van der Waals surface area contributed by atoms with Gasteiger partial charge in [-0.2, -0.15) is 0 Å². The number of hydrogen-bond donors (Lipinski definition) is 2. The molecule has 0 heterocycles. The zero-order valence-corrected chi connectivity index (χ0v) is 14.1. The summed E-state index contributed by atoms with van der Waals surface area (Å²) in [5.41, 5.74) is 0. The van der Waals surface area contributed by atoms with Gasteiger partial charge in [-0.1, -0.05) is 23.2 Å². The number of hydrogen-bond acceptors (Lipinski definition) is 3. The van der Waals surface area contributed by atoms with E-state index in [1.54, 1.807) is 25.1 Å². The van der Waals surface area contributed by atoms with Crippen LogP contribution in [0.5, 0.6) is 5.75 Å². The third kappa shape index (κ3) is 6.54. The predicted molar refractivity (Wildman–Crippen MR) is 87.5 cm³/mol. The summed E-state index contributed by atoms with van der Waals surface area (Å²) in [4.78, 5) is 23.2. The molecular weight excluding hydrogens is 327 g/mol. The van der Waals surface area contributed by atoms with Gasteiger partial charge in [0.05, 0.1) is 11.6 Å². The minimum absolute atomic E-state index is 0.190. The summed E-state index contributed by atoms with van der Waals surface area (Å²) in [5.74, 6) is 0.145. The van der Waals surface area contributed by atoms with Gasteiger partial charge < -0.3 is 15.4 Å². The van der Waals surface area contributed by atoms with Gasteiger partial charge >= 0.3 is 0 Å². The summed E-state index contributed by atoms with van der Waals surface area (Å²) in [6, 6.07) is 4.42. The van der Waals surface area contributed by atoms with Crippen molar-refractivity contribution in [2.75, 3.05) is 13.2 Å². The van der Waals surface area contributed by atoms with Crippen LogP contribution in [0.25, 0.3) is 0 Å². The van der Waals surface area contributed by atoms with E-state index in [0.717, 1.165) is 0 Å². The molecule has 0 saturated heterocycles. The average Bonchev–Trinajstić information content (AvgIpc) is 2.45. The van der Waals surface area contributed by atoms with Gasteiger partial charge in [0.1, 0.15) is 11.8 Å². The lowest BCUT2D eigenvalue weighted by atomic mass is 10.2. The monoisotopic (exact) mass is 346 g/mol. The number of ether oxygens (including phenoxy) is 1. The highest BCUT2D eigenvalue weighted by Crippen LogP contribution is 2.27. The Balaban J connectivity index is 2.26. The molecule has 1 rings (SSSR count). The first-order valence-corrected chi connectivity index (χ1v) is 7.84. The van der Waals surface area contributed by atoms with Crippen LogP contribution in [0.1, 0.15) is 26.7 Å². The lowest BCUT2D eigenvalue weighted by Gasteiger charge is -2.13. The normalized spacial score (nSPS) is 11.6. The van der Waals surface area contributed by atoms with Crippen LogP contribution < -0.4 is 15.4 Å². The Morgan fingerprint density at radius 3 is 2.68 bits per heavy atom. The first-order chi connectivity index (χ1) is 10.4. The van der Waals surface area contributed by atoms with Crippen LogP contribution in [-0.2, 0) is 9.59 Å². The third-order valence-corrected chi connectivity index (χ3v) is 3.35. The molecule has 1 aromatic rings. The number of benzene rings is 1. The van der Waals surface area contributed by atoms with Crippen molar-refractivity contribution in [2.24, 2.45) is 0 Å². The van der Waals surface area contributed by atoms with E-state index in [9.17, 15) is 9.59 Å². The molecule has 0 radical (unpaired) electrons. The molecule has 0 aliphatic heterocycles. The van der Waals surface area contributed by atoms with Gasteiger partial charge in [0.2, 0.25) is 11.8 Å². The van der Waals surface area contributed by atoms with E-state index in [2.05, 4.69) is 10.6 Å². The minimum Gasteiger partial charge on any atom is -0.492 e. The molecule has 1 atom stereocenters. The molecule has 0 aliphatic carbocycles. The van der Waals surface area contributed by atoms with Gasteiger partial charge in [0, 0.05) is 18.0 Å². The van der Waals surface area contributed by atoms with Gasteiger partial charge in [-0.15, -0.1) is 0 Å². The zero-order chi connectivity index (χ0) is 16.5. The van der Waals surface area contributed by atoms with Crippen molar-refractivity contribution < 1.29 is 14.3 Å². The topological polar surface area (TPSA) is 67.4 Å². The molecule has 0 bridgehead atoms. The number of likely N-dealkylation sites (N-methyl/N-ethyl adjacent to an activating group) is 1.